The topological polar surface area (TPSA) is 60.7 Å². The molecule has 0 fully saturated rings. The Morgan fingerprint density at radius 3 is 2.40 bits per heavy atom. The average molecular weight is 296 g/mol. The molecule has 0 unspecified atom stereocenters. The first-order valence-electron chi connectivity index (χ1n) is 5.82. The molecule has 0 saturated heterocycles. The molecule has 1 heterocycles. The van der Waals surface area contributed by atoms with Crippen molar-refractivity contribution in [2.45, 2.75) is 6.92 Å². The van der Waals surface area contributed by atoms with Gasteiger partial charge in [0.15, 0.2) is 0 Å². The van der Waals surface area contributed by atoms with E-state index in [1.165, 1.54) is 20.3 Å². The van der Waals surface area contributed by atoms with Crippen molar-refractivity contribution in [1.82, 2.24) is 4.57 Å². The number of aromatic nitrogens is 1. The molecule has 106 valence electrons. The zero-order valence-electron chi connectivity index (χ0n) is 11.3. The number of carbonyl (C=O) groups is 1. The molecule has 0 radical (unpaired) electrons. The van der Waals surface area contributed by atoms with Crippen LogP contribution in [0.1, 0.15) is 16.1 Å². The minimum absolute atomic E-state index is 0.237. The van der Waals surface area contributed by atoms with Crippen LogP contribution in [0.4, 0.5) is 0 Å². The molecule has 6 heteroatoms. The van der Waals surface area contributed by atoms with Crippen LogP contribution in [0.5, 0.6) is 11.5 Å². The third kappa shape index (κ3) is 2.32. The summed E-state index contributed by atoms with van der Waals surface area (Å²) >= 11 is 6.05. The van der Waals surface area contributed by atoms with Gasteiger partial charge in [0.1, 0.15) is 11.5 Å². The molecular weight excluding hydrogens is 282 g/mol. The molecule has 0 atom stereocenters. The lowest BCUT2D eigenvalue weighted by Crippen LogP contribution is -2.03. The molecule has 0 aliphatic carbocycles. The van der Waals surface area contributed by atoms with Crippen molar-refractivity contribution in [3.05, 3.63) is 40.7 Å². The molecule has 1 N–H and O–H groups in total. The van der Waals surface area contributed by atoms with Crippen LogP contribution in [0.2, 0.25) is 5.02 Å². The Bertz CT molecular complexity index is 663. The van der Waals surface area contributed by atoms with Gasteiger partial charge >= 0.3 is 5.97 Å². The molecule has 2 rings (SSSR count). The number of methoxy groups -OCH3 is 2. The third-order valence-electron chi connectivity index (χ3n) is 3.08. The zero-order valence-corrected chi connectivity index (χ0v) is 12.1. The van der Waals surface area contributed by atoms with Crippen molar-refractivity contribution in [2.24, 2.45) is 0 Å². The molecule has 20 heavy (non-hydrogen) atoms. The molecule has 0 aliphatic heterocycles. The second kappa shape index (κ2) is 5.46. The summed E-state index contributed by atoms with van der Waals surface area (Å²) in [7, 11) is 3.04. The first kappa shape index (κ1) is 14.3. The van der Waals surface area contributed by atoms with Crippen LogP contribution in [0.25, 0.3) is 5.69 Å². The minimum Gasteiger partial charge on any atom is -0.495 e. The van der Waals surface area contributed by atoms with Gasteiger partial charge in [-0.3, -0.25) is 0 Å². The van der Waals surface area contributed by atoms with Gasteiger partial charge in [-0.2, -0.15) is 0 Å². The highest BCUT2D eigenvalue weighted by Gasteiger charge is 2.17. The van der Waals surface area contributed by atoms with Gasteiger partial charge in [0, 0.05) is 24.0 Å². The van der Waals surface area contributed by atoms with Gasteiger partial charge in [-0.1, -0.05) is 11.6 Å². The fourth-order valence-corrected chi connectivity index (χ4v) is 2.26. The summed E-state index contributed by atoms with van der Waals surface area (Å²) in [5, 5.41) is 9.53. The molecule has 0 bridgehead atoms. The van der Waals surface area contributed by atoms with Crippen molar-refractivity contribution >= 4 is 17.6 Å². The van der Waals surface area contributed by atoms with E-state index < -0.39 is 5.97 Å². The Morgan fingerprint density at radius 2 is 1.90 bits per heavy atom. The number of hydrogen-bond donors (Lipinski definition) is 1. The average Bonchev–Trinajstić information content (AvgIpc) is 2.80. The minimum atomic E-state index is -0.971. The highest BCUT2D eigenvalue weighted by molar-refractivity contribution is 6.32. The lowest BCUT2D eigenvalue weighted by Gasteiger charge is -2.14. The van der Waals surface area contributed by atoms with Crippen molar-refractivity contribution in [3.63, 3.8) is 0 Å². The number of hydrogen-bond acceptors (Lipinski definition) is 3. The first-order chi connectivity index (χ1) is 9.49. The molecule has 1 aromatic heterocycles. The van der Waals surface area contributed by atoms with Crippen molar-refractivity contribution < 1.29 is 19.4 Å². The van der Waals surface area contributed by atoms with Gasteiger partial charge in [-0.25, -0.2) is 4.79 Å². The van der Waals surface area contributed by atoms with E-state index in [1.54, 1.807) is 29.8 Å². The predicted octanol–water partition coefficient (Wildman–Crippen LogP) is 3.15. The summed E-state index contributed by atoms with van der Waals surface area (Å²) in [4.78, 5) is 11.1. The maximum Gasteiger partial charge on any atom is 0.337 e. The quantitative estimate of drug-likeness (QED) is 0.941. The van der Waals surface area contributed by atoms with E-state index in [0.29, 0.717) is 27.9 Å². The highest BCUT2D eigenvalue weighted by Crippen LogP contribution is 2.35. The van der Waals surface area contributed by atoms with E-state index in [9.17, 15) is 4.79 Å². The Kier molecular flexibility index (Phi) is 3.90. The normalized spacial score (nSPS) is 10.4. The van der Waals surface area contributed by atoms with Gasteiger partial charge < -0.3 is 19.1 Å². The summed E-state index contributed by atoms with van der Waals surface area (Å²) in [6, 6.07) is 4.88. The fraction of sp³-hybridized carbons (Fsp3) is 0.214. The van der Waals surface area contributed by atoms with Gasteiger partial charge in [0.25, 0.3) is 0 Å². The first-order valence-corrected chi connectivity index (χ1v) is 6.20. The Hall–Kier alpha value is -2.14. The highest BCUT2D eigenvalue weighted by atomic mass is 35.5. The zero-order chi connectivity index (χ0) is 14.9. The number of carboxylic acids is 1. The van der Waals surface area contributed by atoms with E-state index in [1.807, 2.05) is 0 Å². The van der Waals surface area contributed by atoms with Gasteiger partial charge in [0.05, 0.1) is 30.5 Å². The smallest absolute Gasteiger partial charge is 0.337 e. The summed E-state index contributed by atoms with van der Waals surface area (Å²) in [6.07, 6.45) is 1.67. The molecular formula is C14H14ClNO4. The SMILES string of the molecule is COc1cc(-n2ccc(C(=O)O)c2C)c(OC)cc1Cl. The van der Waals surface area contributed by atoms with Gasteiger partial charge in [-0.05, 0) is 13.0 Å². The van der Waals surface area contributed by atoms with Crippen LogP contribution >= 0.6 is 11.6 Å². The monoisotopic (exact) mass is 295 g/mol. The summed E-state index contributed by atoms with van der Waals surface area (Å²) in [5.74, 6) is 0.0556. The van der Waals surface area contributed by atoms with Crippen molar-refractivity contribution in [2.75, 3.05) is 14.2 Å². The van der Waals surface area contributed by atoms with Gasteiger partial charge in [0.2, 0.25) is 0 Å². The van der Waals surface area contributed by atoms with Crippen LogP contribution in [0.3, 0.4) is 0 Å². The maximum absolute atomic E-state index is 11.1. The number of carboxylic acid groups (broad SMARTS) is 1. The number of ether oxygens (including phenoxy) is 2. The summed E-state index contributed by atoms with van der Waals surface area (Å²) in [6.45, 7) is 1.73. The largest absolute Gasteiger partial charge is 0.495 e. The second-order valence-corrected chi connectivity index (χ2v) is 4.56. The van der Waals surface area contributed by atoms with E-state index >= 15 is 0 Å². The van der Waals surface area contributed by atoms with Crippen LogP contribution in [0, 0.1) is 6.92 Å². The maximum atomic E-state index is 11.1. The second-order valence-electron chi connectivity index (χ2n) is 4.15. The standard InChI is InChI=1S/C14H14ClNO4/c1-8-9(14(17)18)4-5-16(8)11-7-12(19-2)10(15)6-13(11)20-3/h4-7H,1-3H3,(H,17,18). The molecule has 0 amide bonds. The van der Waals surface area contributed by atoms with Crippen LogP contribution in [-0.4, -0.2) is 29.9 Å². The predicted molar refractivity (Wildman–Crippen MR) is 75.6 cm³/mol. The Morgan fingerprint density at radius 1 is 1.25 bits per heavy atom. The van der Waals surface area contributed by atoms with Crippen LogP contribution in [-0.2, 0) is 0 Å². The van der Waals surface area contributed by atoms with Crippen LogP contribution < -0.4 is 9.47 Å². The Labute approximate surface area is 121 Å². The summed E-state index contributed by atoms with van der Waals surface area (Å²) < 4.78 is 12.2. The van der Waals surface area contributed by atoms with Crippen molar-refractivity contribution in [3.8, 4) is 17.2 Å². The molecule has 0 aliphatic rings. The Balaban J connectivity index is 2.65. The van der Waals surface area contributed by atoms with E-state index in [0.717, 1.165) is 0 Å². The lowest BCUT2D eigenvalue weighted by molar-refractivity contribution is 0.0696. The van der Waals surface area contributed by atoms with Crippen LogP contribution in [0.15, 0.2) is 24.4 Å². The molecule has 1 aromatic carbocycles. The van der Waals surface area contributed by atoms with Gasteiger partial charge in [-0.15, -0.1) is 0 Å². The molecule has 2 aromatic rings. The van der Waals surface area contributed by atoms with E-state index in [2.05, 4.69) is 0 Å². The number of halogens is 1. The molecule has 0 saturated carbocycles. The summed E-state index contributed by atoms with van der Waals surface area (Å²) in [5.41, 5.74) is 1.50. The third-order valence-corrected chi connectivity index (χ3v) is 3.38. The molecule has 0 spiro atoms. The fourth-order valence-electron chi connectivity index (χ4n) is 2.03. The van der Waals surface area contributed by atoms with E-state index in [4.69, 9.17) is 26.2 Å². The molecule has 5 nitrogen and oxygen atoms in total. The van der Waals surface area contributed by atoms with Crippen molar-refractivity contribution in [1.29, 1.82) is 0 Å². The number of aromatic carboxylic acids is 1. The number of rotatable bonds is 4. The number of nitrogens with zero attached hydrogens (tertiary/aromatic N) is 1. The lowest BCUT2D eigenvalue weighted by atomic mass is 10.2. The van der Waals surface area contributed by atoms with E-state index in [-0.39, 0.29) is 5.56 Å². The number of benzene rings is 1.